The Morgan fingerprint density at radius 2 is 1.19 bits per heavy atom. The average Bonchev–Trinajstić information content (AvgIpc) is 2.51. The highest BCUT2D eigenvalue weighted by Crippen LogP contribution is 2.00. The highest BCUT2D eigenvalue weighted by Gasteiger charge is 2.23. The molecule has 0 aromatic heterocycles. The molecule has 0 saturated heterocycles. The maximum Gasteiger partial charge on any atom is 0.317 e. The summed E-state index contributed by atoms with van der Waals surface area (Å²) in [6, 6.07) is 0. The Kier molecular flexibility index (Phi) is 11.2. The van der Waals surface area contributed by atoms with Crippen molar-refractivity contribution in [1.29, 1.82) is 0 Å². The molecule has 4 N–H and O–H groups in total. The second-order valence-corrected chi connectivity index (χ2v) is 5.65. The quantitative estimate of drug-likeness (QED) is 0.224. The average molecular weight is 374 g/mol. The number of nitrogens with zero attached hydrogens (tertiary/aromatic N) is 3. The first kappa shape index (κ1) is 23.8. The minimum Gasteiger partial charge on any atom is -0.481 e. The van der Waals surface area contributed by atoms with Crippen molar-refractivity contribution in [2.45, 2.75) is 12.9 Å². The van der Waals surface area contributed by atoms with Gasteiger partial charge in [0.1, 0.15) is 7.85 Å². The second-order valence-electron chi connectivity index (χ2n) is 5.65. The highest BCUT2D eigenvalue weighted by atomic mass is 16.4. The number of carboxylic acid groups (broad SMARTS) is 4. The van der Waals surface area contributed by atoms with Crippen LogP contribution < -0.4 is 0 Å². The van der Waals surface area contributed by atoms with E-state index in [9.17, 15) is 19.2 Å². The van der Waals surface area contributed by atoms with E-state index in [0.717, 1.165) is 0 Å². The molecule has 1 unspecified atom stereocenters. The summed E-state index contributed by atoms with van der Waals surface area (Å²) >= 11 is 0. The normalized spacial score (nSPS) is 12.5. The lowest BCUT2D eigenvalue weighted by Crippen LogP contribution is -2.48. The van der Waals surface area contributed by atoms with Crippen LogP contribution in [0.25, 0.3) is 0 Å². The Bertz CT molecular complexity index is 489. The van der Waals surface area contributed by atoms with Crippen LogP contribution in [0.4, 0.5) is 0 Å². The summed E-state index contributed by atoms with van der Waals surface area (Å²) in [6.07, 6.45) is 0. The van der Waals surface area contributed by atoms with E-state index in [2.05, 4.69) is 7.85 Å². The van der Waals surface area contributed by atoms with Gasteiger partial charge in [0.05, 0.1) is 25.6 Å². The molecule has 0 fully saturated rings. The van der Waals surface area contributed by atoms with Crippen LogP contribution in [0.2, 0.25) is 0 Å². The predicted molar refractivity (Wildman–Crippen MR) is 91.6 cm³/mol. The van der Waals surface area contributed by atoms with E-state index < -0.39 is 49.5 Å². The summed E-state index contributed by atoms with van der Waals surface area (Å²) in [7, 11) is 3.44. The Morgan fingerprint density at radius 3 is 1.58 bits per heavy atom. The standard InChI is InChI=1S/C14H25BN3O8/c1-2-16(3-4-17(7-10(19)20)8-11(21)22)5-6-18(9-12(23)24)13(15)14(25)26/h13,15H,2-9H2,1H3,(H,19,20)(H,21,22)(H,23,24)(H,25,26). The first-order chi connectivity index (χ1) is 12.1. The van der Waals surface area contributed by atoms with Gasteiger partial charge >= 0.3 is 23.9 Å². The van der Waals surface area contributed by atoms with Gasteiger partial charge in [-0.05, 0) is 6.54 Å². The zero-order valence-electron chi connectivity index (χ0n) is 14.7. The summed E-state index contributed by atoms with van der Waals surface area (Å²) in [4.78, 5) is 47.8. The summed E-state index contributed by atoms with van der Waals surface area (Å²) in [5.74, 6) is -5.88. The van der Waals surface area contributed by atoms with Crippen LogP contribution in [-0.4, -0.2) is 125 Å². The van der Waals surface area contributed by atoms with Crippen molar-refractivity contribution in [3.05, 3.63) is 0 Å². The van der Waals surface area contributed by atoms with E-state index in [-0.39, 0.29) is 13.1 Å². The Hall–Kier alpha value is -2.18. The predicted octanol–water partition coefficient (Wildman–Crippen LogP) is -2.52. The number of aliphatic carboxylic acids is 4. The summed E-state index contributed by atoms with van der Waals surface area (Å²) in [5.41, 5.74) is 0. The molecule has 11 nitrogen and oxygen atoms in total. The maximum atomic E-state index is 11.0. The molecule has 147 valence electrons. The van der Waals surface area contributed by atoms with Gasteiger partial charge in [0.2, 0.25) is 0 Å². The highest BCUT2D eigenvalue weighted by molar-refractivity contribution is 6.22. The van der Waals surface area contributed by atoms with Gasteiger partial charge in [-0.1, -0.05) is 6.92 Å². The monoisotopic (exact) mass is 374 g/mol. The van der Waals surface area contributed by atoms with Crippen molar-refractivity contribution in [3.8, 4) is 0 Å². The molecular formula is C14H25BN3O8. The molecule has 0 heterocycles. The van der Waals surface area contributed by atoms with Crippen molar-refractivity contribution in [2.24, 2.45) is 0 Å². The lowest BCUT2D eigenvalue weighted by Gasteiger charge is -2.29. The summed E-state index contributed by atoms with van der Waals surface area (Å²) in [6.45, 7) is 2.11. The first-order valence-electron chi connectivity index (χ1n) is 7.96. The largest absolute Gasteiger partial charge is 0.481 e. The second kappa shape index (κ2) is 12.2. The lowest BCUT2D eigenvalue weighted by atomic mass is 9.94. The van der Waals surface area contributed by atoms with Crippen LogP contribution in [0.15, 0.2) is 0 Å². The minimum atomic E-state index is -1.23. The zero-order valence-corrected chi connectivity index (χ0v) is 14.7. The van der Waals surface area contributed by atoms with Gasteiger partial charge in [0, 0.05) is 26.2 Å². The smallest absolute Gasteiger partial charge is 0.317 e. The number of carboxylic acids is 4. The van der Waals surface area contributed by atoms with Gasteiger partial charge in [-0.15, -0.1) is 0 Å². The number of rotatable bonds is 15. The van der Waals surface area contributed by atoms with Gasteiger partial charge in [0.25, 0.3) is 0 Å². The van der Waals surface area contributed by atoms with E-state index in [1.807, 2.05) is 11.8 Å². The van der Waals surface area contributed by atoms with E-state index in [4.69, 9.17) is 20.4 Å². The molecule has 0 aromatic rings. The van der Waals surface area contributed by atoms with Gasteiger partial charge in [0.15, 0.2) is 0 Å². The number of hydrogen-bond donors (Lipinski definition) is 4. The molecule has 0 rings (SSSR count). The van der Waals surface area contributed by atoms with Crippen LogP contribution in [-0.2, 0) is 19.2 Å². The third-order valence-electron chi connectivity index (χ3n) is 3.67. The Labute approximate surface area is 152 Å². The van der Waals surface area contributed by atoms with E-state index in [1.165, 1.54) is 9.80 Å². The molecule has 1 atom stereocenters. The van der Waals surface area contributed by atoms with Crippen molar-refractivity contribution < 1.29 is 39.6 Å². The van der Waals surface area contributed by atoms with E-state index in [0.29, 0.717) is 19.6 Å². The van der Waals surface area contributed by atoms with Crippen molar-refractivity contribution in [1.82, 2.24) is 14.7 Å². The molecule has 0 aliphatic carbocycles. The molecule has 0 bridgehead atoms. The molecule has 12 heteroatoms. The van der Waals surface area contributed by atoms with Crippen LogP contribution in [0.3, 0.4) is 0 Å². The van der Waals surface area contributed by atoms with Gasteiger partial charge in [-0.2, -0.15) is 0 Å². The molecule has 0 aromatic carbocycles. The van der Waals surface area contributed by atoms with Crippen molar-refractivity contribution >= 4 is 31.7 Å². The molecule has 0 saturated carbocycles. The molecule has 0 spiro atoms. The Morgan fingerprint density at radius 1 is 0.769 bits per heavy atom. The number of carbonyl (C=O) groups is 4. The topological polar surface area (TPSA) is 159 Å². The number of likely N-dealkylation sites (N-methyl/N-ethyl adjacent to an activating group) is 1. The van der Waals surface area contributed by atoms with Crippen LogP contribution in [0, 0.1) is 0 Å². The van der Waals surface area contributed by atoms with Gasteiger partial charge < -0.3 is 25.3 Å². The van der Waals surface area contributed by atoms with Crippen LogP contribution >= 0.6 is 0 Å². The Balaban J connectivity index is 4.69. The van der Waals surface area contributed by atoms with Gasteiger partial charge in [-0.3, -0.25) is 29.0 Å². The fourth-order valence-electron chi connectivity index (χ4n) is 2.25. The van der Waals surface area contributed by atoms with E-state index >= 15 is 0 Å². The number of hydrogen-bond acceptors (Lipinski definition) is 7. The lowest BCUT2D eigenvalue weighted by molar-refractivity contribution is -0.144. The zero-order chi connectivity index (χ0) is 20.3. The fourth-order valence-corrected chi connectivity index (χ4v) is 2.25. The molecular weight excluding hydrogens is 349 g/mol. The maximum absolute atomic E-state index is 11.0. The van der Waals surface area contributed by atoms with Crippen LogP contribution in [0.5, 0.6) is 0 Å². The van der Waals surface area contributed by atoms with Crippen LogP contribution in [0.1, 0.15) is 6.92 Å². The third-order valence-corrected chi connectivity index (χ3v) is 3.67. The van der Waals surface area contributed by atoms with Crippen molar-refractivity contribution in [2.75, 3.05) is 52.4 Å². The SMILES string of the molecule is [BH]C(C(=O)O)N(CCN(CC)CCN(CC(=O)O)CC(=O)O)CC(=O)O. The minimum absolute atomic E-state index is 0.137. The molecule has 0 amide bonds. The summed E-state index contributed by atoms with van der Waals surface area (Å²) < 4.78 is 0. The molecule has 0 aliphatic rings. The molecule has 26 heavy (non-hydrogen) atoms. The fraction of sp³-hybridized carbons (Fsp3) is 0.714. The van der Waals surface area contributed by atoms with Gasteiger partial charge in [-0.25, -0.2) is 0 Å². The summed E-state index contributed by atoms with van der Waals surface area (Å²) in [5, 5.41) is 35.5. The molecule has 0 aliphatic heterocycles. The van der Waals surface area contributed by atoms with E-state index in [1.54, 1.807) is 0 Å². The van der Waals surface area contributed by atoms with Crippen molar-refractivity contribution in [3.63, 3.8) is 0 Å². The third kappa shape index (κ3) is 10.6. The molecule has 1 radical (unpaired) electrons. The first-order valence-corrected chi connectivity index (χ1v) is 7.96.